The van der Waals surface area contributed by atoms with Crippen LogP contribution in [0.3, 0.4) is 0 Å². The van der Waals surface area contributed by atoms with Crippen molar-refractivity contribution in [3.8, 4) is 5.75 Å². The molecule has 0 heterocycles. The normalized spacial score (nSPS) is 10.5. The third-order valence-electron chi connectivity index (χ3n) is 3.34. The molecular formula is C19H21BrN2O3. The maximum absolute atomic E-state index is 12.6. The first-order chi connectivity index (χ1) is 11.8. The third-order valence-corrected chi connectivity index (χ3v) is 3.84. The Morgan fingerprint density at radius 3 is 2.28 bits per heavy atom. The monoisotopic (exact) mass is 404 g/mol. The lowest BCUT2D eigenvalue weighted by Gasteiger charge is -2.15. The summed E-state index contributed by atoms with van der Waals surface area (Å²) in [6.07, 6.45) is -0.0379. The van der Waals surface area contributed by atoms with Gasteiger partial charge in [0.1, 0.15) is 5.75 Å². The van der Waals surface area contributed by atoms with Crippen molar-refractivity contribution in [2.75, 3.05) is 19.4 Å². The number of carbonyl (C=O) groups is 2. The molecule has 0 unspecified atom stereocenters. The van der Waals surface area contributed by atoms with Crippen molar-refractivity contribution in [2.45, 2.75) is 20.0 Å². The van der Waals surface area contributed by atoms with E-state index in [1.807, 2.05) is 19.9 Å². The molecule has 0 saturated carbocycles. The predicted molar refractivity (Wildman–Crippen MR) is 102 cm³/mol. The molecule has 2 amide bonds. The highest BCUT2D eigenvalue weighted by molar-refractivity contribution is 9.10. The smallest absolute Gasteiger partial charge is 0.259 e. The molecule has 0 fully saturated rings. The van der Waals surface area contributed by atoms with E-state index in [0.717, 1.165) is 4.47 Å². The summed E-state index contributed by atoms with van der Waals surface area (Å²) in [5.41, 5.74) is 1.61. The van der Waals surface area contributed by atoms with E-state index in [4.69, 9.17) is 4.74 Å². The predicted octanol–water partition coefficient (Wildman–Crippen LogP) is 4.19. The second kappa shape index (κ2) is 8.16. The zero-order valence-corrected chi connectivity index (χ0v) is 16.3. The molecule has 132 valence electrons. The number of hydrogen-bond donors (Lipinski definition) is 1. The van der Waals surface area contributed by atoms with Crippen molar-refractivity contribution < 1.29 is 14.3 Å². The van der Waals surface area contributed by atoms with Crippen LogP contribution in [0.1, 0.15) is 34.6 Å². The highest BCUT2D eigenvalue weighted by Gasteiger charge is 2.15. The summed E-state index contributed by atoms with van der Waals surface area (Å²) in [6.45, 7) is 3.81. The van der Waals surface area contributed by atoms with E-state index in [1.165, 1.54) is 4.90 Å². The molecular weight excluding hydrogens is 384 g/mol. The lowest BCUT2D eigenvalue weighted by atomic mass is 10.1. The average Bonchev–Trinajstić information content (AvgIpc) is 2.56. The quantitative estimate of drug-likeness (QED) is 0.812. The number of nitrogens with one attached hydrogen (secondary N) is 1. The zero-order chi connectivity index (χ0) is 18.6. The van der Waals surface area contributed by atoms with Gasteiger partial charge in [0, 0.05) is 29.8 Å². The van der Waals surface area contributed by atoms with E-state index in [0.29, 0.717) is 22.6 Å². The van der Waals surface area contributed by atoms with Crippen LogP contribution in [0.2, 0.25) is 0 Å². The molecule has 0 aliphatic rings. The number of anilines is 1. The first-order valence-corrected chi connectivity index (χ1v) is 8.66. The van der Waals surface area contributed by atoms with Crippen LogP contribution < -0.4 is 10.1 Å². The maximum atomic E-state index is 12.6. The van der Waals surface area contributed by atoms with Gasteiger partial charge in [-0.25, -0.2) is 0 Å². The molecule has 0 bridgehead atoms. The van der Waals surface area contributed by atoms with E-state index in [-0.39, 0.29) is 17.9 Å². The summed E-state index contributed by atoms with van der Waals surface area (Å²) in [5.74, 6) is 0.163. The van der Waals surface area contributed by atoms with Crippen molar-refractivity contribution in [1.82, 2.24) is 4.90 Å². The molecule has 0 aliphatic carbocycles. The van der Waals surface area contributed by atoms with Crippen LogP contribution in [0, 0.1) is 0 Å². The van der Waals surface area contributed by atoms with Crippen molar-refractivity contribution in [2.24, 2.45) is 0 Å². The number of amides is 2. The van der Waals surface area contributed by atoms with E-state index in [2.05, 4.69) is 21.2 Å². The van der Waals surface area contributed by atoms with Gasteiger partial charge < -0.3 is 15.0 Å². The Morgan fingerprint density at radius 2 is 1.72 bits per heavy atom. The molecule has 2 rings (SSSR count). The Balaban J connectivity index is 2.19. The van der Waals surface area contributed by atoms with E-state index >= 15 is 0 Å². The average molecular weight is 405 g/mol. The lowest BCUT2D eigenvalue weighted by molar-refractivity contribution is 0.0827. The number of nitrogens with zero attached hydrogens (tertiary/aromatic N) is 1. The van der Waals surface area contributed by atoms with Gasteiger partial charge in [0.05, 0.1) is 11.7 Å². The fourth-order valence-electron chi connectivity index (χ4n) is 2.19. The van der Waals surface area contributed by atoms with Crippen LogP contribution in [-0.2, 0) is 0 Å². The van der Waals surface area contributed by atoms with Gasteiger partial charge in [-0.15, -0.1) is 0 Å². The Kier molecular flexibility index (Phi) is 6.20. The highest BCUT2D eigenvalue weighted by atomic mass is 79.9. The number of rotatable bonds is 5. The largest absolute Gasteiger partial charge is 0.490 e. The maximum Gasteiger partial charge on any atom is 0.259 e. The van der Waals surface area contributed by atoms with Crippen LogP contribution >= 0.6 is 15.9 Å². The van der Waals surface area contributed by atoms with Crippen LogP contribution in [0.5, 0.6) is 5.75 Å². The van der Waals surface area contributed by atoms with Gasteiger partial charge in [-0.2, -0.15) is 0 Å². The summed E-state index contributed by atoms with van der Waals surface area (Å²) in [7, 11) is 3.39. The Labute approximate surface area is 156 Å². The molecule has 5 nitrogen and oxygen atoms in total. The van der Waals surface area contributed by atoms with Crippen LogP contribution in [0.15, 0.2) is 46.9 Å². The number of hydrogen-bond acceptors (Lipinski definition) is 3. The first-order valence-electron chi connectivity index (χ1n) is 7.87. The topological polar surface area (TPSA) is 58.6 Å². The molecule has 0 radical (unpaired) electrons. The second-order valence-corrected chi connectivity index (χ2v) is 6.95. The van der Waals surface area contributed by atoms with Crippen LogP contribution in [0.4, 0.5) is 5.69 Å². The number of benzene rings is 2. The second-order valence-electron chi connectivity index (χ2n) is 6.04. The van der Waals surface area contributed by atoms with Crippen molar-refractivity contribution in [1.29, 1.82) is 0 Å². The highest BCUT2D eigenvalue weighted by Crippen LogP contribution is 2.25. The first kappa shape index (κ1) is 19.0. The molecule has 1 N–H and O–H groups in total. The van der Waals surface area contributed by atoms with Crippen molar-refractivity contribution in [3.63, 3.8) is 0 Å². The van der Waals surface area contributed by atoms with Gasteiger partial charge in [-0.05, 0) is 56.3 Å². The van der Waals surface area contributed by atoms with Crippen molar-refractivity contribution in [3.05, 3.63) is 58.1 Å². The molecule has 0 aliphatic heterocycles. The summed E-state index contributed by atoms with van der Waals surface area (Å²) >= 11 is 3.38. The number of ether oxygens (including phenoxy) is 1. The standard InChI is InChI=1S/C19H21BrN2O3/c1-12(2)25-17-10-7-14(20)11-16(17)18(23)21-15-8-5-13(6-9-15)19(24)22(3)4/h5-12H,1-4H3,(H,21,23). The molecule has 0 atom stereocenters. The fourth-order valence-corrected chi connectivity index (χ4v) is 2.55. The minimum Gasteiger partial charge on any atom is -0.490 e. The number of carbonyl (C=O) groups excluding carboxylic acids is 2. The number of halogens is 1. The summed E-state index contributed by atoms with van der Waals surface area (Å²) in [5, 5.41) is 2.83. The Bertz CT molecular complexity index is 771. The lowest BCUT2D eigenvalue weighted by Crippen LogP contribution is -2.21. The van der Waals surface area contributed by atoms with Gasteiger partial charge in [0.15, 0.2) is 0 Å². The van der Waals surface area contributed by atoms with Gasteiger partial charge in [0.25, 0.3) is 11.8 Å². The SMILES string of the molecule is CC(C)Oc1ccc(Br)cc1C(=O)Nc1ccc(C(=O)N(C)C)cc1. The molecule has 0 saturated heterocycles. The fraction of sp³-hybridized carbons (Fsp3) is 0.263. The zero-order valence-electron chi connectivity index (χ0n) is 14.7. The minimum absolute atomic E-state index is 0.0379. The summed E-state index contributed by atoms with van der Waals surface area (Å²) in [6, 6.07) is 12.1. The van der Waals surface area contributed by atoms with E-state index in [9.17, 15) is 9.59 Å². The molecule has 2 aromatic carbocycles. The minimum atomic E-state index is -0.274. The molecule has 0 aromatic heterocycles. The Morgan fingerprint density at radius 1 is 1.08 bits per heavy atom. The summed E-state index contributed by atoms with van der Waals surface area (Å²) in [4.78, 5) is 26.0. The van der Waals surface area contributed by atoms with Gasteiger partial charge >= 0.3 is 0 Å². The van der Waals surface area contributed by atoms with E-state index in [1.54, 1.807) is 50.5 Å². The van der Waals surface area contributed by atoms with Gasteiger partial charge in [0.2, 0.25) is 0 Å². The van der Waals surface area contributed by atoms with Crippen molar-refractivity contribution >= 4 is 33.4 Å². The van der Waals surface area contributed by atoms with Gasteiger partial charge in [-0.3, -0.25) is 9.59 Å². The molecule has 6 heteroatoms. The molecule has 25 heavy (non-hydrogen) atoms. The Hall–Kier alpha value is -2.34. The van der Waals surface area contributed by atoms with Crippen LogP contribution in [0.25, 0.3) is 0 Å². The third kappa shape index (κ3) is 5.06. The van der Waals surface area contributed by atoms with Gasteiger partial charge in [-0.1, -0.05) is 15.9 Å². The van der Waals surface area contributed by atoms with E-state index < -0.39 is 0 Å². The van der Waals surface area contributed by atoms with Crippen LogP contribution in [-0.4, -0.2) is 36.9 Å². The molecule has 2 aromatic rings. The molecule has 0 spiro atoms. The summed E-state index contributed by atoms with van der Waals surface area (Å²) < 4.78 is 6.50.